The molecular weight excluding hydrogens is 358 g/mol. The first-order valence-electron chi connectivity index (χ1n) is 10.2. The Balaban J connectivity index is 1.39. The smallest absolute Gasteiger partial charge is 0.248 e. The fourth-order valence-electron chi connectivity index (χ4n) is 4.79. The molecule has 2 heterocycles. The molecule has 2 saturated heterocycles. The largest absolute Gasteiger partial charge is 0.497 e. The van der Waals surface area contributed by atoms with Crippen LogP contribution >= 0.6 is 0 Å². The summed E-state index contributed by atoms with van der Waals surface area (Å²) in [4.78, 5) is 27.2. The van der Waals surface area contributed by atoms with Crippen LogP contribution in [0.3, 0.4) is 0 Å². The first-order valence-corrected chi connectivity index (χ1v) is 10.2. The number of nitrogens with one attached hydrogen (secondary N) is 2. The second-order valence-electron chi connectivity index (χ2n) is 8.52. The van der Waals surface area contributed by atoms with Crippen molar-refractivity contribution in [2.45, 2.75) is 44.1 Å². The maximum Gasteiger partial charge on any atom is 0.248 e. The number of carbonyl (C=O) groups is 2. The number of ether oxygens (including phenoxy) is 1. The lowest BCUT2D eigenvalue weighted by molar-refractivity contribution is -0.145. The van der Waals surface area contributed by atoms with Crippen LogP contribution in [0.2, 0.25) is 0 Å². The van der Waals surface area contributed by atoms with Gasteiger partial charge in [-0.15, -0.1) is 0 Å². The number of methoxy groups -OCH3 is 1. The van der Waals surface area contributed by atoms with E-state index in [1.54, 1.807) is 12.6 Å². The van der Waals surface area contributed by atoms with Crippen molar-refractivity contribution >= 4 is 11.8 Å². The van der Waals surface area contributed by atoms with Crippen LogP contribution in [0.1, 0.15) is 43.6 Å². The van der Waals surface area contributed by atoms with Crippen LogP contribution in [0.4, 0.5) is 0 Å². The maximum absolute atomic E-state index is 13.1. The molecule has 1 spiro atoms. The van der Waals surface area contributed by atoms with Gasteiger partial charge in [0, 0.05) is 19.6 Å². The predicted molar refractivity (Wildman–Crippen MR) is 103 cm³/mol. The highest BCUT2D eigenvalue weighted by molar-refractivity contribution is 5.90. The molecule has 152 valence electrons. The Morgan fingerprint density at radius 2 is 2.04 bits per heavy atom. The molecule has 2 aliphatic heterocycles. The van der Waals surface area contributed by atoms with Crippen molar-refractivity contribution in [3.05, 3.63) is 29.8 Å². The molecule has 7 heteroatoms. The van der Waals surface area contributed by atoms with Crippen molar-refractivity contribution in [2.75, 3.05) is 26.7 Å². The van der Waals surface area contributed by atoms with Crippen molar-refractivity contribution < 1.29 is 19.5 Å². The van der Waals surface area contributed by atoms with Crippen molar-refractivity contribution in [3.63, 3.8) is 0 Å². The SMILES string of the molecule is COc1cccc(C2CCN(C(=O)[C@H]3NCC4(CC4)C[C@@H]3C(=O)NO)CC2)c1. The Bertz CT molecular complexity index is 741. The van der Waals surface area contributed by atoms with Crippen LogP contribution in [0.25, 0.3) is 0 Å². The Morgan fingerprint density at radius 1 is 1.29 bits per heavy atom. The lowest BCUT2D eigenvalue weighted by atomic mass is 9.81. The molecule has 2 atom stereocenters. The van der Waals surface area contributed by atoms with Gasteiger partial charge < -0.3 is 15.0 Å². The zero-order chi connectivity index (χ0) is 19.7. The summed E-state index contributed by atoms with van der Waals surface area (Å²) in [5.74, 6) is 0.278. The summed E-state index contributed by atoms with van der Waals surface area (Å²) in [6.07, 6.45) is 4.63. The van der Waals surface area contributed by atoms with Gasteiger partial charge in [0.1, 0.15) is 5.75 Å². The topological polar surface area (TPSA) is 90.9 Å². The van der Waals surface area contributed by atoms with Crippen LogP contribution in [0, 0.1) is 11.3 Å². The Hall–Kier alpha value is -2.12. The monoisotopic (exact) mass is 387 g/mol. The minimum Gasteiger partial charge on any atom is -0.497 e. The van der Waals surface area contributed by atoms with Crippen LogP contribution in [0.15, 0.2) is 24.3 Å². The maximum atomic E-state index is 13.1. The summed E-state index contributed by atoms with van der Waals surface area (Å²) in [5, 5.41) is 12.4. The van der Waals surface area contributed by atoms with Gasteiger partial charge in [-0.2, -0.15) is 0 Å². The second-order valence-corrected chi connectivity index (χ2v) is 8.52. The normalized spacial score (nSPS) is 26.7. The molecule has 7 nitrogen and oxygen atoms in total. The standard InChI is InChI=1S/C21H29N3O4/c1-28-16-4-2-3-15(11-16)14-5-9-24(10-6-14)20(26)18-17(19(25)23-27)12-21(7-8-21)13-22-18/h2-4,11,14,17-18,22,27H,5-10,12-13H2,1H3,(H,23,25)/t17-,18-/m0/s1. The fourth-order valence-corrected chi connectivity index (χ4v) is 4.79. The minimum atomic E-state index is -0.549. The first kappa shape index (κ1) is 19.2. The van der Waals surface area contributed by atoms with Crippen LogP contribution in [-0.4, -0.2) is 54.7 Å². The molecule has 3 fully saturated rings. The number of nitrogens with zero attached hydrogens (tertiary/aromatic N) is 1. The van der Waals surface area contributed by atoms with E-state index >= 15 is 0 Å². The number of rotatable bonds is 4. The van der Waals surface area contributed by atoms with Crippen molar-refractivity contribution in [1.82, 2.24) is 15.7 Å². The number of amides is 2. The highest BCUT2D eigenvalue weighted by Crippen LogP contribution is 2.52. The zero-order valence-electron chi connectivity index (χ0n) is 16.3. The number of likely N-dealkylation sites (tertiary alicyclic amines) is 1. The van der Waals surface area contributed by atoms with E-state index in [0.29, 0.717) is 25.4 Å². The van der Waals surface area contributed by atoms with Crippen LogP contribution < -0.4 is 15.5 Å². The number of hydrogen-bond acceptors (Lipinski definition) is 5. The molecule has 1 aliphatic carbocycles. The van der Waals surface area contributed by atoms with Gasteiger partial charge in [-0.25, -0.2) is 5.48 Å². The molecule has 1 aromatic rings. The third kappa shape index (κ3) is 3.73. The summed E-state index contributed by atoms with van der Waals surface area (Å²) in [6, 6.07) is 7.58. The summed E-state index contributed by atoms with van der Waals surface area (Å²) in [5.41, 5.74) is 3.16. The van der Waals surface area contributed by atoms with Gasteiger partial charge in [-0.1, -0.05) is 12.1 Å². The third-order valence-corrected chi connectivity index (χ3v) is 6.79. The van der Waals surface area contributed by atoms with Crippen molar-refractivity contribution in [3.8, 4) is 5.75 Å². The molecule has 0 bridgehead atoms. The average Bonchev–Trinajstić information content (AvgIpc) is 3.51. The van der Waals surface area contributed by atoms with Crippen LogP contribution in [-0.2, 0) is 9.59 Å². The van der Waals surface area contributed by atoms with Gasteiger partial charge in [-0.05, 0) is 61.1 Å². The first-order chi connectivity index (χ1) is 13.5. The zero-order valence-corrected chi connectivity index (χ0v) is 16.3. The Kier molecular flexibility index (Phi) is 5.29. The number of benzene rings is 1. The van der Waals surface area contributed by atoms with E-state index in [2.05, 4.69) is 17.4 Å². The highest BCUT2D eigenvalue weighted by atomic mass is 16.5. The molecule has 3 N–H and O–H groups in total. The number of piperidine rings is 2. The van der Waals surface area contributed by atoms with Crippen molar-refractivity contribution in [1.29, 1.82) is 0 Å². The summed E-state index contributed by atoms with van der Waals surface area (Å²) < 4.78 is 5.32. The number of carbonyl (C=O) groups excluding carboxylic acids is 2. The highest BCUT2D eigenvalue weighted by Gasteiger charge is 2.52. The predicted octanol–water partition coefficient (Wildman–Crippen LogP) is 1.66. The molecular formula is C21H29N3O4. The fraction of sp³-hybridized carbons (Fsp3) is 0.619. The Morgan fingerprint density at radius 3 is 2.68 bits per heavy atom. The van der Waals surface area contributed by atoms with Gasteiger partial charge in [0.15, 0.2) is 0 Å². The number of hydroxylamine groups is 1. The Labute approximate surface area is 165 Å². The summed E-state index contributed by atoms with van der Waals surface area (Å²) in [7, 11) is 1.67. The lowest BCUT2D eigenvalue weighted by Crippen LogP contribution is -2.59. The molecule has 1 saturated carbocycles. The average molecular weight is 387 g/mol. The van der Waals surface area contributed by atoms with E-state index < -0.39 is 17.9 Å². The molecule has 1 aromatic carbocycles. The van der Waals surface area contributed by atoms with E-state index in [9.17, 15) is 9.59 Å². The quantitative estimate of drug-likeness (QED) is 0.540. The van der Waals surface area contributed by atoms with E-state index in [4.69, 9.17) is 9.94 Å². The molecule has 0 radical (unpaired) electrons. The molecule has 0 aromatic heterocycles. The summed E-state index contributed by atoms with van der Waals surface area (Å²) >= 11 is 0. The molecule has 2 amide bonds. The van der Waals surface area contributed by atoms with E-state index in [-0.39, 0.29) is 11.3 Å². The van der Waals surface area contributed by atoms with Gasteiger partial charge in [-0.3, -0.25) is 14.8 Å². The van der Waals surface area contributed by atoms with E-state index in [1.807, 2.05) is 17.0 Å². The van der Waals surface area contributed by atoms with Gasteiger partial charge in [0.2, 0.25) is 11.8 Å². The van der Waals surface area contributed by atoms with E-state index in [0.717, 1.165) is 38.0 Å². The molecule has 0 unspecified atom stereocenters. The minimum absolute atomic E-state index is 0.0202. The third-order valence-electron chi connectivity index (χ3n) is 6.79. The van der Waals surface area contributed by atoms with Crippen LogP contribution in [0.5, 0.6) is 5.75 Å². The van der Waals surface area contributed by atoms with E-state index in [1.165, 1.54) is 5.56 Å². The molecule has 4 rings (SSSR count). The molecule has 28 heavy (non-hydrogen) atoms. The van der Waals surface area contributed by atoms with Gasteiger partial charge in [0.05, 0.1) is 19.1 Å². The van der Waals surface area contributed by atoms with Gasteiger partial charge >= 0.3 is 0 Å². The molecule has 3 aliphatic rings. The van der Waals surface area contributed by atoms with Gasteiger partial charge in [0.25, 0.3) is 0 Å². The number of hydrogen-bond donors (Lipinski definition) is 3. The second kappa shape index (κ2) is 7.72. The summed E-state index contributed by atoms with van der Waals surface area (Å²) in [6.45, 7) is 2.13. The van der Waals surface area contributed by atoms with Crippen molar-refractivity contribution in [2.24, 2.45) is 11.3 Å². The lowest BCUT2D eigenvalue weighted by Gasteiger charge is -2.40.